The fourth-order valence-electron chi connectivity index (χ4n) is 1.34. The Morgan fingerprint density at radius 2 is 2.22 bits per heavy atom. The molecule has 0 aliphatic rings. The van der Waals surface area contributed by atoms with E-state index in [0.29, 0.717) is 0 Å². The van der Waals surface area contributed by atoms with Crippen LogP contribution >= 0.6 is 0 Å². The Labute approximate surface area is 101 Å². The molecule has 1 aromatic rings. The first-order valence-corrected chi connectivity index (χ1v) is 4.99. The average molecular weight is 260 g/mol. The molecule has 0 saturated heterocycles. The fraction of sp³-hybridized carbons (Fsp3) is 0.400. The van der Waals surface area contributed by atoms with Gasteiger partial charge < -0.3 is 14.9 Å². The minimum atomic E-state index is -3.03. The van der Waals surface area contributed by atoms with Gasteiger partial charge in [0.2, 0.25) is 0 Å². The van der Waals surface area contributed by atoms with E-state index < -0.39 is 28.7 Å². The lowest BCUT2D eigenvalue weighted by atomic mass is 10.1. The molecule has 0 saturated carbocycles. The normalized spacial score (nSPS) is 10.5. The van der Waals surface area contributed by atoms with Crippen molar-refractivity contribution in [1.82, 2.24) is 4.98 Å². The van der Waals surface area contributed by atoms with Crippen LogP contribution in [0, 0.1) is 17.0 Å². The Balaban J connectivity index is 3.36. The number of carbonyl (C=O) groups is 1. The van der Waals surface area contributed by atoms with E-state index in [-0.39, 0.29) is 17.9 Å². The fourth-order valence-corrected chi connectivity index (χ4v) is 1.34. The van der Waals surface area contributed by atoms with Crippen LogP contribution in [0.15, 0.2) is 6.07 Å². The van der Waals surface area contributed by atoms with Crippen LogP contribution in [-0.2, 0) is 4.74 Å². The highest BCUT2D eigenvalue weighted by Gasteiger charge is 2.29. The van der Waals surface area contributed by atoms with Crippen molar-refractivity contribution < 1.29 is 23.2 Å². The summed E-state index contributed by atoms with van der Waals surface area (Å²) in [6.45, 7) is 2.97. The second kappa shape index (κ2) is 5.48. The third-order valence-corrected chi connectivity index (χ3v) is 2.10. The van der Waals surface area contributed by atoms with Gasteiger partial charge in [0.15, 0.2) is 0 Å². The third-order valence-electron chi connectivity index (χ3n) is 2.10. The minimum Gasteiger partial charge on any atom is -0.460 e. The van der Waals surface area contributed by atoms with Gasteiger partial charge in [-0.05, 0) is 29.8 Å². The Hall–Kier alpha value is -2.12. The van der Waals surface area contributed by atoms with Gasteiger partial charge >= 0.3 is 11.8 Å². The zero-order valence-corrected chi connectivity index (χ0v) is 9.65. The van der Waals surface area contributed by atoms with Gasteiger partial charge in [-0.1, -0.05) is 0 Å². The Morgan fingerprint density at radius 1 is 1.61 bits per heavy atom. The summed E-state index contributed by atoms with van der Waals surface area (Å²) < 4.78 is 29.8. The largest absolute Gasteiger partial charge is 0.460 e. The number of carbonyl (C=O) groups excluding carboxylic acids is 1. The number of hydrogen-bond acceptors (Lipinski definition) is 5. The van der Waals surface area contributed by atoms with Crippen molar-refractivity contribution in [3.63, 3.8) is 0 Å². The SMILES string of the molecule is CCOC(=O)c1nc([N+](=O)[O-])c(C(F)F)cc1C. The number of nitro groups is 1. The Morgan fingerprint density at radius 3 is 2.67 bits per heavy atom. The number of alkyl halides is 2. The zero-order chi connectivity index (χ0) is 13.9. The van der Waals surface area contributed by atoms with Gasteiger partial charge in [0.05, 0.1) is 6.61 Å². The number of hydrogen-bond donors (Lipinski definition) is 0. The van der Waals surface area contributed by atoms with Gasteiger partial charge in [-0.2, -0.15) is 0 Å². The van der Waals surface area contributed by atoms with Gasteiger partial charge in [-0.3, -0.25) is 0 Å². The maximum atomic E-state index is 12.6. The molecule has 1 aromatic heterocycles. The van der Waals surface area contributed by atoms with Gasteiger partial charge in [0.1, 0.15) is 5.56 Å². The molecule has 18 heavy (non-hydrogen) atoms. The molecule has 1 rings (SSSR count). The lowest BCUT2D eigenvalue weighted by Crippen LogP contribution is -2.12. The van der Waals surface area contributed by atoms with Crippen LogP contribution in [0.5, 0.6) is 0 Å². The number of pyridine rings is 1. The average Bonchev–Trinajstić information content (AvgIpc) is 2.28. The van der Waals surface area contributed by atoms with Gasteiger partial charge in [0.25, 0.3) is 12.1 Å². The summed E-state index contributed by atoms with van der Waals surface area (Å²) in [6.07, 6.45) is -3.03. The summed E-state index contributed by atoms with van der Waals surface area (Å²) >= 11 is 0. The molecule has 0 aliphatic heterocycles. The monoisotopic (exact) mass is 260 g/mol. The molecule has 0 amide bonds. The first kappa shape index (κ1) is 13.9. The Kier molecular flexibility index (Phi) is 4.24. The highest BCUT2D eigenvalue weighted by Crippen LogP contribution is 2.29. The molecule has 6 nitrogen and oxygen atoms in total. The molecule has 0 spiro atoms. The molecule has 0 fully saturated rings. The quantitative estimate of drug-likeness (QED) is 0.471. The van der Waals surface area contributed by atoms with Crippen LogP contribution in [-0.4, -0.2) is 22.5 Å². The molecule has 0 aromatic carbocycles. The van der Waals surface area contributed by atoms with Gasteiger partial charge in [-0.15, -0.1) is 0 Å². The molecule has 1 heterocycles. The van der Waals surface area contributed by atoms with Crippen LogP contribution in [0.3, 0.4) is 0 Å². The van der Waals surface area contributed by atoms with Crippen LogP contribution in [0.1, 0.15) is 35.0 Å². The molecule has 0 N–H and O–H groups in total. The number of aryl methyl sites for hydroxylation is 1. The van der Waals surface area contributed by atoms with E-state index in [9.17, 15) is 23.7 Å². The lowest BCUT2D eigenvalue weighted by Gasteiger charge is -2.05. The van der Waals surface area contributed by atoms with E-state index in [4.69, 9.17) is 0 Å². The molecular formula is C10H10F2N2O4. The first-order valence-electron chi connectivity index (χ1n) is 4.99. The van der Waals surface area contributed by atoms with Crippen LogP contribution in [0.4, 0.5) is 14.6 Å². The highest BCUT2D eigenvalue weighted by molar-refractivity contribution is 5.89. The van der Waals surface area contributed by atoms with E-state index in [2.05, 4.69) is 9.72 Å². The van der Waals surface area contributed by atoms with Crippen molar-refractivity contribution in [3.8, 4) is 0 Å². The van der Waals surface area contributed by atoms with Crippen molar-refractivity contribution in [1.29, 1.82) is 0 Å². The molecule has 0 atom stereocenters. The number of ether oxygens (including phenoxy) is 1. The van der Waals surface area contributed by atoms with Crippen LogP contribution in [0.25, 0.3) is 0 Å². The van der Waals surface area contributed by atoms with E-state index in [1.807, 2.05) is 0 Å². The number of esters is 1. The number of aromatic nitrogens is 1. The van der Waals surface area contributed by atoms with E-state index in [0.717, 1.165) is 6.07 Å². The predicted molar refractivity (Wildman–Crippen MR) is 56.5 cm³/mol. The number of nitrogens with zero attached hydrogens (tertiary/aromatic N) is 2. The van der Waals surface area contributed by atoms with Gasteiger partial charge in [0, 0.05) is 5.56 Å². The maximum Gasteiger partial charge on any atom is 0.383 e. The minimum absolute atomic E-state index is 0.0599. The summed E-state index contributed by atoms with van der Waals surface area (Å²) in [5.74, 6) is -1.91. The van der Waals surface area contributed by atoms with Crippen molar-refractivity contribution >= 4 is 11.8 Å². The molecule has 0 bridgehead atoms. The summed E-state index contributed by atoms with van der Waals surface area (Å²) in [7, 11) is 0. The maximum absolute atomic E-state index is 12.6. The lowest BCUT2D eigenvalue weighted by molar-refractivity contribution is -0.391. The smallest absolute Gasteiger partial charge is 0.383 e. The van der Waals surface area contributed by atoms with Crippen molar-refractivity contribution in [2.75, 3.05) is 6.61 Å². The van der Waals surface area contributed by atoms with E-state index in [1.54, 1.807) is 6.92 Å². The summed E-state index contributed by atoms with van der Waals surface area (Å²) in [6, 6.07) is 0.877. The summed E-state index contributed by atoms with van der Waals surface area (Å²) in [5.41, 5.74) is -1.03. The second-order valence-corrected chi connectivity index (χ2v) is 3.34. The predicted octanol–water partition coefficient (Wildman–Crippen LogP) is 2.41. The van der Waals surface area contributed by atoms with E-state index >= 15 is 0 Å². The van der Waals surface area contributed by atoms with Crippen molar-refractivity contribution in [3.05, 3.63) is 33.0 Å². The van der Waals surface area contributed by atoms with Crippen LogP contribution < -0.4 is 0 Å². The topological polar surface area (TPSA) is 82.3 Å². The molecule has 0 unspecified atom stereocenters. The third kappa shape index (κ3) is 2.76. The number of halogens is 2. The second-order valence-electron chi connectivity index (χ2n) is 3.34. The molecule has 0 radical (unpaired) electrons. The number of rotatable bonds is 4. The molecule has 8 heteroatoms. The van der Waals surface area contributed by atoms with Crippen LogP contribution in [0.2, 0.25) is 0 Å². The molecular weight excluding hydrogens is 250 g/mol. The van der Waals surface area contributed by atoms with Crippen molar-refractivity contribution in [2.45, 2.75) is 20.3 Å². The molecule has 98 valence electrons. The zero-order valence-electron chi connectivity index (χ0n) is 9.65. The first-order chi connectivity index (χ1) is 8.38. The standard InChI is InChI=1S/C10H10F2N2O4/c1-3-18-10(15)7-5(2)4-6(8(11)12)9(13-7)14(16)17/h4,8H,3H2,1-2H3. The van der Waals surface area contributed by atoms with E-state index in [1.165, 1.54) is 6.92 Å². The Bertz CT molecular complexity index is 491. The highest BCUT2D eigenvalue weighted by atomic mass is 19.3. The van der Waals surface area contributed by atoms with Gasteiger partial charge in [-0.25, -0.2) is 13.6 Å². The van der Waals surface area contributed by atoms with Crippen molar-refractivity contribution in [2.24, 2.45) is 0 Å². The summed E-state index contributed by atoms with van der Waals surface area (Å²) in [5, 5.41) is 10.6. The molecule has 0 aliphatic carbocycles. The summed E-state index contributed by atoms with van der Waals surface area (Å²) in [4.78, 5) is 24.4.